The van der Waals surface area contributed by atoms with Gasteiger partial charge in [0.05, 0.1) is 18.7 Å². The SMILES string of the molecule is N#Cc1c(NC(=O)C=Cc2cccnc2)sc2c1CCC(OC(=O)N1CCCO1)C2. The molecule has 3 heterocycles. The van der Waals surface area contributed by atoms with E-state index in [-0.39, 0.29) is 12.0 Å². The van der Waals surface area contributed by atoms with Gasteiger partial charge in [0, 0.05) is 29.8 Å². The lowest BCUT2D eigenvalue weighted by atomic mass is 9.94. The molecule has 0 radical (unpaired) electrons. The number of hydrogen-bond acceptors (Lipinski definition) is 7. The minimum Gasteiger partial charge on any atom is -0.444 e. The van der Waals surface area contributed by atoms with E-state index >= 15 is 0 Å². The Morgan fingerprint density at radius 1 is 1.47 bits per heavy atom. The first-order valence-corrected chi connectivity index (χ1v) is 10.5. The molecule has 1 aliphatic heterocycles. The fourth-order valence-electron chi connectivity index (χ4n) is 3.46. The van der Waals surface area contributed by atoms with Gasteiger partial charge in [0.2, 0.25) is 5.91 Å². The third-order valence-electron chi connectivity index (χ3n) is 4.90. The van der Waals surface area contributed by atoms with Gasteiger partial charge in [-0.05, 0) is 42.5 Å². The molecular formula is C21H20N4O4S. The van der Waals surface area contributed by atoms with Crippen LogP contribution in [0.2, 0.25) is 0 Å². The molecule has 1 unspecified atom stereocenters. The highest BCUT2D eigenvalue weighted by molar-refractivity contribution is 7.16. The number of rotatable bonds is 4. The molecule has 1 fully saturated rings. The van der Waals surface area contributed by atoms with Gasteiger partial charge >= 0.3 is 6.09 Å². The fourth-order valence-corrected chi connectivity index (χ4v) is 4.72. The molecule has 2 aromatic heterocycles. The molecule has 0 spiro atoms. The number of aromatic nitrogens is 1. The number of anilines is 1. The summed E-state index contributed by atoms with van der Waals surface area (Å²) in [5, 5.41) is 14.2. The summed E-state index contributed by atoms with van der Waals surface area (Å²) in [7, 11) is 0. The molecule has 2 aliphatic rings. The van der Waals surface area contributed by atoms with Gasteiger partial charge in [0.15, 0.2) is 0 Å². The largest absolute Gasteiger partial charge is 0.444 e. The summed E-state index contributed by atoms with van der Waals surface area (Å²) in [5.74, 6) is -0.317. The van der Waals surface area contributed by atoms with Crippen molar-refractivity contribution < 1.29 is 19.2 Å². The summed E-state index contributed by atoms with van der Waals surface area (Å²) in [6.07, 6.45) is 8.24. The molecule has 2 amide bonds. The van der Waals surface area contributed by atoms with Crippen LogP contribution >= 0.6 is 11.3 Å². The van der Waals surface area contributed by atoms with Crippen molar-refractivity contribution in [3.05, 3.63) is 52.2 Å². The highest BCUT2D eigenvalue weighted by Gasteiger charge is 2.30. The van der Waals surface area contributed by atoms with Gasteiger partial charge < -0.3 is 10.1 Å². The Morgan fingerprint density at radius 2 is 2.37 bits per heavy atom. The van der Waals surface area contributed by atoms with Gasteiger partial charge in [-0.1, -0.05) is 6.07 Å². The summed E-state index contributed by atoms with van der Waals surface area (Å²) in [5.41, 5.74) is 2.23. The molecule has 9 heteroatoms. The lowest BCUT2D eigenvalue weighted by Crippen LogP contribution is -2.33. The van der Waals surface area contributed by atoms with E-state index in [9.17, 15) is 14.9 Å². The molecule has 1 saturated heterocycles. The quantitative estimate of drug-likeness (QED) is 0.755. The second kappa shape index (κ2) is 9.07. The van der Waals surface area contributed by atoms with Crippen LogP contribution in [0.15, 0.2) is 30.6 Å². The number of hydrogen-bond donors (Lipinski definition) is 1. The van der Waals surface area contributed by atoms with Crippen molar-refractivity contribution in [3.63, 3.8) is 0 Å². The van der Waals surface area contributed by atoms with Gasteiger partial charge in [0.1, 0.15) is 17.2 Å². The normalized spacial score (nSPS) is 18.1. The zero-order chi connectivity index (χ0) is 20.9. The molecule has 1 atom stereocenters. The second-order valence-corrected chi connectivity index (χ2v) is 8.07. The van der Waals surface area contributed by atoms with Crippen molar-refractivity contribution in [3.8, 4) is 6.07 Å². The molecule has 2 aromatic rings. The molecule has 0 aromatic carbocycles. The molecule has 1 aliphatic carbocycles. The summed E-state index contributed by atoms with van der Waals surface area (Å²) >= 11 is 1.36. The average Bonchev–Trinajstić information content (AvgIpc) is 3.40. The third kappa shape index (κ3) is 4.50. The summed E-state index contributed by atoms with van der Waals surface area (Å²) < 4.78 is 5.56. The van der Waals surface area contributed by atoms with Crippen molar-refractivity contribution >= 4 is 34.4 Å². The Hall–Kier alpha value is -3.22. The van der Waals surface area contributed by atoms with Gasteiger partial charge in [-0.25, -0.2) is 4.79 Å². The van der Waals surface area contributed by atoms with E-state index in [2.05, 4.69) is 16.4 Å². The Labute approximate surface area is 177 Å². The van der Waals surface area contributed by atoms with Crippen LogP contribution in [0.25, 0.3) is 6.08 Å². The van der Waals surface area contributed by atoms with Crippen LogP contribution < -0.4 is 5.32 Å². The number of ether oxygens (including phenoxy) is 1. The van der Waals surface area contributed by atoms with E-state index in [0.717, 1.165) is 22.4 Å². The van der Waals surface area contributed by atoms with Gasteiger partial charge in [-0.3, -0.25) is 14.6 Å². The Morgan fingerprint density at radius 3 is 3.10 bits per heavy atom. The van der Waals surface area contributed by atoms with Gasteiger partial charge in [-0.2, -0.15) is 10.3 Å². The minimum absolute atomic E-state index is 0.270. The predicted octanol–water partition coefficient (Wildman–Crippen LogP) is 3.30. The van der Waals surface area contributed by atoms with Crippen molar-refractivity contribution in [2.45, 2.75) is 31.8 Å². The van der Waals surface area contributed by atoms with Crippen LogP contribution in [0, 0.1) is 11.3 Å². The molecule has 8 nitrogen and oxygen atoms in total. The number of carbonyl (C=O) groups excluding carboxylic acids is 2. The maximum absolute atomic E-state index is 12.3. The van der Waals surface area contributed by atoms with Crippen LogP contribution in [0.1, 0.15) is 34.4 Å². The maximum atomic E-state index is 12.3. The van der Waals surface area contributed by atoms with Crippen LogP contribution in [-0.2, 0) is 27.2 Å². The number of nitrogens with zero attached hydrogens (tertiary/aromatic N) is 3. The van der Waals surface area contributed by atoms with Crippen LogP contribution in [0.5, 0.6) is 0 Å². The van der Waals surface area contributed by atoms with E-state index in [1.165, 1.54) is 22.5 Å². The second-order valence-electron chi connectivity index (χ2n) is 6.97. The van der Waals surface area contributed by atoms with E-state index in [1.54, 1.807) is 24.5 Å². The van der Waals surface area contributed by atoms with Crippen molar-refractivity contribution in [2.24, 2.45) is 0 Å². The monoisotopic (exact) mass is 424 g/mol. The molecule has 154 valence electrons. The number of hydroxylamine groups is 2. The first-order chi connectivity index (χ1) is 14.6. The minimum atomic E-state index is -0.466. The Bertz CT molecular complexity index is 1010. The number of fused-ring (bicyclic) bond motifs is 1. The van der Waals surface area contributed by atoms with Gasteiger partial charge in [0.25, 0.3) is 0 Å². The number of amides is 2. The molecular weight excluding hydrogens is 404 g/mol. The molecule has 0 saturated carbocycles. The predicted molar refractivity (Wildman–Crippen MR) is 111 cm³/mol. The van der Waals surface area contributed by atoms with Crippen molar-refractivity contribution in [2.75, 3.05) is 18.5 Å². The molecule has 4 rings (SSSR count). The zero-order valence-corrected chi connectivity index (χ0v) is 17.0. The highest BCUT2D eigenvalue weighted by atomic mass is 32.1. The van der Waals surface area contributed by atoms with Crippen LogP contribution in [-0.4, -0.2) is 41.3 Å². The number of nitrogens with one attached hydrogen (secondary N) is 1. The summed E-state index contributed by atoms with van der Waals surface area (Å²) in [4.78, 5) is 34.7. The maximum Gasteiger partial charge on any atom is 0.434 e. The van der Waals surface area contributed by atoms with E-state index < -0.39 is 6.09 Å². The highest BCUT2D eigenvalue weighted by Crippen LogP contribution is 2.38. The first kappa shape index (κ1) is 20.1. The number of thiophene rings is 1. The fraction of sp³-hybridized carbons (Fsp3) is 0.333. The first-order valence-electron chi connectivity index (χ1n) is 9.69. The number of pyridine rings is 1. The standard InChI is InChI=1S/C21H20N4O4S/c22-12-17-16-6-5-15(29-21(27)25-9-2-10-28-25)11-18(16)30-20(17)24-19(26)7-4-14-3-1-8-23-13-14/h1,3-4,7-8,13,15H,2,5-6,9-11H2,(H,24,26). The number of nitriles is 1. The lowest BCUT2D eigenvalue weighted by Gasteiger charge is -2.24. The molecule has 1 N–H and O–H groups in total. The summed E-state index contributed by atoms with van der Waals surface area (Å²) in [6.45, 7) is 1.07. The van der Waals surface area contributed by atoms with Crippen molar-refractivity contribution in [1.82, 2.24) is 10.0 Å². The smallest absolute Gasteiger partial charge is 0.434 e. The molecule has 0 bridgehead atoms. The Kier molecular flexibility index (Phi) is 6.07. The third-order valence-corrected chi connectivity index (χ3v) is 6.07. The van der Waals surface area contributed by atoms with Crippen LogP contribution in [0.3, 0.4) is 0 Å². The van der Waals surface area contributed by atoms with E-state index in [0.29, 0.717) is 43.0 Å². The number of carbonyl (C=O) groups is 2. The average molecular weight is 424 g/mol. The zero-order valence-electron chi connectivity index (χ0n) is 16.2. The van der Waals surface area contributed by atoms with E-state index in [4.69, 9.17) is 9.57 Å². The lowest BCUT2D eigenvalue weighted by molar-refractivity contribution is -0.111. The molecule has 30 heavy (non-hydrogen) atoms. The Balaban J connectivity index is 1.42. The topological polar surface area (TPSA) is 105 Å². The van der Waals surface area contributed by atoms with Crippen LogP contribution in [0.4, 0.5) is 9.80 Å². The van der Waals surface area contributed by atoms with Gasteiger partial charge in [-0.15, -0.1) is 11.3 Å². The van der Waals surface area contributed by atoms with Crippen molar-refractivity contribution in [1.29, 1.82) is 5.26 Å². The van der Waals surface area contributed by atoms with E-state index in [1.807, 2.05) is 6.07 Å². The summed E-state index contributed by atoms with van der Waals surface area (Å²) in [6, 6.07) is 5.84.